The molecule has 35 heavy (non-hydrogen) atoms. The van der Waals surface area contributed by atoms with E-state index in [1.165, 1.54) is 0 Å². The van der Waals surface area contributed by atoms with Gasteiger partial charge in [0.1, 0.15) is 0 Å². The first-order valence-corrected chi connectivity index (χ1v) is 11.4. The molecule has 8 nitrogen and oxygen atoms in total. The average Bonchev–Trinajstić information content (AvgIpc) is 2.88. The third-order valence-electron chi connectivity index (χ3n) is 5.37. The summed E-state index contributed by atoms with van der Waals surface area (Å²) in [6, 6.07) is 26.5. The van der Waals surface area contributed by atoms with Crippen molar-refractivity contribution >= 4 is 17.7 Å². The lowest BCUT2D eigenvalue weighted by Crippen LogP contribution is -2.46. The molecule has 0 aromatic heterocycles. The molecular formula is C27H29N5O3. The second-order valence-electron chi connectivity index (χ2n) is 7.94. The Morgan fingerprint density at radius 2 is 1.51 bits per heavy atom. The van der Waals surface area contributed by atoms with Gasteiger partial charge in [-0.05, 0) is 35.6 Å². The number of amidine groups is 1. The first kappa shape index (κ1) is 25.3. The largest absolute Gasteiger partial charge is 0.466 e. The van der Waals surface area contributed by atoms with Gasteiger partial charge in [0.15, 0.2) is 0 Å². The van der Waals surface area contributed by atoms with E-state index >= 15 is 0 Å². The van der Waals surface area contributed by atoms with Crippen molar-refractivity contribution in [1.82, 2.24) is 10.3 Å². The zero-order chi connectivity index (χ0) is 25.0. The number of hydrogen-bond acceptors (Lipinski definition) is 6. The Bertz CT molecular complexity index is 1130. The maximum Gasteiger partial charge on any atom is 0.307 e. The number of rotatable bonds is 10. The molecule has 1 atom stereocenters. The molecule has 0 bridgehead atoms. The molecule has 0 radical (unpaired) electrons. The molecule has 1 amide bonds. The lowest BCUT2D eigenvalue weighted by molar-refractivity contribution is -0.143. The summed E-state index contributed by atoms with van der Waals surface area (Å²) < 4.78 is 5.07. The van der Waals surface area contributed by atoms with Crippen molar-refractivity contribution in [2.45, 2.75) is 32.4 Å². The van der Waals surface area contributed by atoms with E-state index in [-0.39, 0.29) is 19.6 Å². The number of ether oxygens (including phenoxy) is 1. The summed E-state index contributed by atoms with van der Waals surface area (Å²) in [6.07, 6.45) is 0.341. The average molecular weight is 472 g/mol. The summed E-state index contributed by atoms with van der Waals surface area (Å²) in [5, 5.41) is 15.3. The van der Waals surface area contributed by atoms with Gasteiger partial charge in [-0.25, -0.2) is 5.01 Å². The minimum absolute atomic E-state index is 0.0377. The molecule has 180 valence electrons. The molecule has 0 aliphatic heterocycles. The fourth-order valence-electron chi connectivity index (χ4n) is 3.64. The van der Waals surface area contributed by atoms with E-state index in [1.54, 1.807) is 6.92 Å². The van der Waals surface area contributed by atoms with Crippen LogP contribution in [0.3, 0.4) is 0 Å². The Hall–Kier alpha value is -4.33. The van der Waals surface area contributed by atoms with Crippen LogP contribution in [-0.2, 0) is 27.3 Å². The molecule has 0 heterocycles. The van der Waals surface area contributed by atoms with Gasteiger partial charge in [0.25, 0.3) is 5.91 Å². The third kappa shape index (κ3) is 7.60. The predicted molar refractivity (Wildman–Crippen MR) is 134 cm³/mol. The summed E-state index contributed by atoms with van der Waals surface area (Å²) in [7, 11) is 0. The molecule has 3 aromatic rings. The molecule has 0 fully saturated rings. The first-order valence-electron chi connectivity index (χ1n) is 11.4. The highest BCUT2D eigenvalue weighted by molar-refractivity contribution is 6.36. The van der Waals surface area contributed by atoms with E-state index in [4.69, 9.17) is 15.7 Å². The van der Waals surface area contributed by atoms with Crippen LogP contribution in [0.25, 0.3) is 11.1 Å². The highest BCUT2D eigenvalue weighted by atomic mass is 16.5. The number of hydrogen-bond donors (Lipinski definition) is 3. The second kappa shape index (κ2) is 12.8. The number of carbonyl (C=O) groups is 2. The van der Waals surface area contributed by atoms with Crippen molar-refractivity contribution in [2.75, 3.05) is 6.61 Å². The number of esters is 1. The SMILES string of the molecule is CCOC(=O)C[C@@H](Cc1ccc(-c2ccccc2)cc1)NC(=O)C(=N)N(Cc1ccccc1)N=N. The van der Waals surface area contributed by atoms with Gasteiger partial charge >= 0.3 is 5.97 Å². The summed E-state index contributed by atoms with van der Waals surface area (Å²) in [6.45, 7) is 2.07. The fraction of sp³-hybridized carbons (Fsp3) is 0.222. The van der Waals surface area contributed by atoms with Crippen LogP contribution in [-0.4, -0.2) is 35.4 Å². The highest BCUT2D eigenvalue weighted by Gasteiger charge is 2.23. The van der Waals surface area contributed by atoms with Crippen LogP contribution < -0.4 is 5.32 Å². The van der Waals surface area contributed by atoms with E-state index in [1.807, 2.05) is 84.9 Å². The number of nitrogens with one attached hydrogen (secondary N) is 3. The molecule has 3 aromatic carbocycles. The zero-order valence-electron chi connectivity index (χ0n) is 19.6. The van der Waals surface area contributed by atoms with Gasteiger partial charge < -0.3 is 10.1 Å². The van der Waals surface area contributed by atoms with Crippen LogP contribution in [0.1, 0.15) is 24.5 Å². The number of carbonyl (C=O) groups excluding carboxylic acids is 2. The molecule has 3 N–H and O–H groups in total. The van der Waals surface area contributed by atoms with Gasteiger partial charge in [0.05, 0.1) is 19.6 Å². The number of benzene rings is 3. The Kier molecular flexibility index (Phi) is 9.24. The van der Waals surface area contributed by atoms with Crippen LogP contribution in [0.15, 0.2) is 90.2 Å². The highest BCUT2D eigenvalue weighted by Crippen LogP contribution is 2.20. The first-order chi connectivity index (χ1) is 17.0. The quantitative estimate of drug-likeness (QED) is 0.130. The lowest BCUT2D eigenvalue weighted by atomic mass is 9.99. The number of amides is 1. The third-order valence-corrected chi connectivity index (χ3v) is 5.37. The van der Waals surface area contributed by atoms with Crippen molar-refractivity contribution in [3.05, 3.63) is 96.1 Å². The summed E-state index contributed by atoms with van der Waals surface area (Å²) in [4.78, 5) is 25.0. The van der Waals surface area contributed by atoms with E-state index < -0.39 is 23.8 Å². The maximum atomic E-state index is 12.8. The van der Waals surface area contributed by atoms with Gasteiger partial charge in [-0.15, -0.1) is 0 Å². The smallest absolute Gasteiger partial charge is 0.307 e. The monoisotopic (exact) mass is 471 g/mol. The Morgan fingerprint density at radius 3 is 2.11 bits per heavy atom. The summed E-state index contributed by atoms with van der Waals surface area (Å²) >= 11 is 0. The summed E-state index contributed by atoms with van der Waals surface area (Å²) in [5.41, 5.74) is 11.3. The van der Waals surface area contributed by atoms with Gasteiger partial charge in [0.2, 0.25) is 5.84 Å². The fourth-order valence-corrected chi connectivity index (χ4v) is 3.64. The van der Waals surface area contributed by atoms with E-state index in [0.717, 1.165) is 27.3 Å². The van der Waals surface area contributed by atoms with Crippen molar-refractivity contribution in [3.63, 3.8) is 0 Å². The Balaban J connectivity index is 1.70. The van der Waals surface area contributed by atoms with Crippen LogP contribution in [0, 0.1) is 10.9 Å². The Morgan fingerprint density at radius 1 is 0.914 bits per heavy atom. The van der Waals surface area contributed by atoms with Crippen molar-refractivity contribution < 1.29 is 14.3 Å². The predicted octanol–water partition coefficient (Wildman–Crippen LogP) is 4.76. The van der Waals surface area contributed by atoms with Gasteiger partial charge in [-0.3, -0.25) is 15.0 Å². The minimum Gasteiger partial charge on any atom is -0.466 e. The van der Waals surface area contributed by atoms with Crippen LogP contribution in [0.4, 0.5) is 0 Å². The van der Waals surface area contributed by atoms with E-state index in [2.05, 4.69) is 10.5 Å². The van der Waals surface area contributed by atoms with E-state index in [9.17, 15) is 9.59 Å². The zero-order valence-corrected chi connectivity index (χ0v) is 19.6. The van der Waals surface area contributed by atoms with Crippen molar-refractivity contribution in [2.24, 2.45) is 5.22 Å². The molecule has 0 spiro atoms. The second-order valence-corrected chi connectivity index (χ2v) is 7.94. The molecule has 3 rings (SSSR count). The minimum atomic E-state index is -0.716. The number of nitrogens with zero attached hydrogens (tertiary/aromatic N) is 2. The standard InChI is InChI=1S/C27H29N5O3/c1-2-35-25(33)18-24(17-20-13-15-23(16-14-20)22-11-7-4-8-12-22)30-27(34)26(28)32(31-29)19-21-9-5-3-6-10-21/h3-16,24,28-29H,2,17-19H2,1H3,(H,30,34)/t24-/m1/s1. The van der Waals surface area contributed by atoms with Crippen LogP contribution >= 0.6 is 0 Å². The molecule has 0 saturated heterocycles. The molecule has 8 heteroatoms. The van der Waals surface area contributed by atoms with E-state index in [0.29, 0.717) is 6.42 Å². The van der Waals surface area contributed by atoms with Gasteiger partial charge in [-0.2, -0.15) is 5.53 Å². The van der Waals surface area contributed by atoms with Crippen LogP contribution in [0.2, 0.25) is 0 Å². The van der Waals surface area contributed by atoms with Crippen LogP contribution in [0.5, 0.6) is 0 Å². The molecule has 0 aliphatic rings. The van der Waals surface area contributed by atoms with Crippen molar-refractivity contribution in [3.8, 4) is 11.1 Å². The molecule has 0 unspecified atom stereocenters. The normalized spacial score (nSPS) is 11.2. The maximum absolute atomic E-state index is 12.8. The Labute approximate surface area is 204 Å². The molecule has 0 saturated carbocycles. The molecule has 0 aliphatic carbocycles. The van der Waals surface area contributed by atoms with Crippen molar-refractivity contribution in [1.29, 1.82) is 10.9 Å². The topological polar surface area (TPSA) is 119 Å². The van der Waals surface area contributed by atoms with Gasteiger partial charge in [-0.1, -0.05) is 90.2 Å². The van der Waals surface area contributed by atoms with Gasteiger partial charge in [0, 0.05) is 6.04 Å². The molecular weight excluding hydrogens is 442 g/mol. The summed E-state index contributed by atoms with van der Waals surface area (Å²) in [5.74, 6) is -1.62. The lowest BCUT2D eigenvalue weighted by Gasteiger charge is -2.22.